The van der Waals surface area contributed by atoms with Gasteiger partial charge in [-0.3, -0.25) is 0 Å². The Balaban J connectivity index is 2.70. The zero-order valence-electron chi connectivity index (χ0n) is 11.5. The predicted octanol–water partition coefficient (Wildman–Crippen LogP) is 3.03. The van der Waals surface area contributed by atoms with Crippen molar-refractivity contribution in [3.8, 4) is 5.88 Å². The normalized spacial score (nSPS) is 11.4. The van der Waals surface area contributed by atoms with Crippen LogP contribution in [0.4, 0.5) is 5.95 Å². The summed E-state index contributed by atoms with van der Waals surface area (Å²) >= 11 is 0. The van der Waals surface area contributed by atoms with Crippen LogP contribution in [-0.4, -0.2) is 23.1 Å². The molecule has 0 aromatic carbocycles. The summed E-state index contributed by atoms with van der Waals surface area (Å²) in [7, 11) is 0. The lowest BCUT2D eigenvalue weighted by molar-refractivity contribution is 0.325. The minimum absolute atomic E-state index is 0.249. The largest absolute Gasteiger partial charge is 0.478 e. The lowest BCUT2D eigenvalue weighted by Crippen LogP contribution is -2.23. The SMILES string of the molecule is CCOc1cc(C)nc(NCC(C)(C)CC)n1. The number of hydrogen-bond acceptors (Lipinski definition) is 4. The van der Waals surface area contributed by atoms with E-state index in [1.807, 2.05) is 19.9 Å². The molecule has 0 aliphatic rings. The van der Waals surface area contributed by atoms with Crippen LogP contribution in [0.2, 0.25) is 0 Å². The van der Waals surface area contributed by atoms with E-state index in [0.29, 0.717) is 18.4 Å². The van der Waals surface area contributed by atoms with E-state index in [0.717, 1.165) is 18.7 Å². The van der Waals surface area contributed by atoms with Crippen LogP contribution in [0.3, 0.4) is 0 Å². The minimum Gasteiger partial charge on any atom is -0.478 e. The summed E-state index contributed by atoms with van der Waals surface area (Å²) < 4.78 is 5.39. The van der Waals surface area contributed by atoms with Gasteiger partial charge in [-0.2, -0.15) is 4.98 Å². The number of aryl methyl sites for hydroxylation is 1. The zero-order valence-corrected chi connectivity index (χ0v) is 11.5. The fourth-order valence-electron chi connectivity index (χ4n) is 1.28. The molecule has 1 aromatic heterocycles. The van der Waals surface area contributed by atoms with Crippen molar-refractivity contribution in [3.05, 3.63) is 11.8 Å². The minimum atomic E-state index is 0.249. The molecule has 4 nitrogen and oxygen atoms in total. The highest BCUT2D eigenvalue weighted by Gasteiger charge is 2.15. The lowest BCUT2D eigenvalue weighted by atomic mass is 9.90. The molecule has 1 heterocycles. The van der Waals surface area contributed by atoms with Gasteiger partial charge in [-0.1, -0.05) is 20.8 Å². The van der Waals surface area contributed by atoms with Gasteiger partial charge in [-0.15, -0.1) is 0 Å². The summed E-state index contributed by atoms with van der Waals surface area (Å²) in [6, 6.07) is 1.85. The molecule has 1 aromatic rings. The molecule has 1 N–H and O–H groups in total. The van der Waals surface area contributed by atoms with Crippen LogP contribution in [0.25, 0.3) is 0 Å². The molecule has 0 aliphatic carbocycles. The van der Waals surface area contributed by atoms with Gasteiger partial charge in [0.2, 0.25) is 11.8 Å². The van der Waals surface area contributed by atoms with Crippen molar-refractivity contribution in [1.82, 2.24) is 9.97 Å². The second-order valence-corrected chi connectivity index (χ2v) is 4.98. The van der Waals surface area contributed by atoms with Crippen molar-refractivity contribution in [2.45, 2.75) is 41.0 Å². The van der Waals surface area contributed by atoms with Crippen LogP contribution >= 0.6 is 0 Å². The van der Waals surface area contributed by atoms with Crippen molar-refractivity contribution in [2.75, 3.05) is 18.5 Å². The highest BCUT2D eigenvalue weighted by molar-refractivity contribution is 5.30. The van der Waals surface area contributed by atoms with Crippen LogP contribution in [0.1, 0.15) is 39.8 Å². The number of ether oxygens (including phenoxy) is 1. The molecular formula is C13H23N3O. The summed E-state index contributed by atoms with van der Waals surface area (Å²) in [6.45, 7) is 12.0. The third-order valence-electron chi connectivity index (χ3n) is 2.81. The average molecular weight is 237 g/mol. The molecule has 96 valence electrons. The summed E-state index contributed by atoms with van der Waals surface area (Å²) in [5, 5.41) is 3.27. The number of rotatable bonds is 6. The average Bonchev–Trinajstić information content (AvgIpc) is 2.26. The number of aromatic nitrogens is 2. The Labute approximate surface area is 104 Å². The molecule has 0 atom stereocenters. The predicted molar refractivity (Wildman–Crippen MR) is 70.5 cm³/mol. The Morgan fingerprint density at radius 3 is 2.59 bits per heavy atom. The molecule has 0 radical (unpaired) electrons. The van der Waals surface area contributed by atoms with Crippen LogP contribution in [0.15, 0.2) is 6.07 Å². The van der Waals surface area contributed by atoms with Gasteiger partial charge in [0, 0.05) is 18.3 Å². The van der Waals surface area contributed by atoms with E-state index in [4.69, 9.17) is 4.74 Å². The maximum atomic E-state index is 5.39. The fourth-order valence-corrected chi connectivity index (χ4v) is 1.28. The maximum Gasteiger partial charge on any atom is 0.226 e. The van der Waals surface area contributed by atoms with E-state index in [2.05, 4.69) is 36.1 Å². The number of anilines is 1. The Morgan fingerprint density at radius 2 is 2.00 bits per heavy atom. The Hall–Kier alpha value is -1.32. The molecule has 0 aliphatic heterocycles. The molecule has 0 fully saturated rings. The smallest absolute Gasteiger partial charge is 0.226 e. The second kappa shape index (κ2) is 5.84. The quantitative estimate of drug-likeness (QED) is 0.826. The van der Waals surface area contributed by atoms with Gasteiger partial charge in [0.05, 0.1) is 6.61 Å². The molecule has 0 spiro atoms. The molecule has 0 amide bonds. The van der Waals surface area contributed by atoms with Crippen molar-refractivity contribution in [1.29, 1.82) is 0 Å². The van der Waals surface area contributed by atoms with E-state index < -0.39 is 0 Å². The highest BCUT2D eigenvalue weighted by Crippen LogP contribution is 2.20. The first-order chi connectivity index (χ1) is 7.96. The molecule has 0 unspecified atom stereocenters. The Bertz CT molecular complexity index is 364. The first-order valence-electron chi connectivity index (χ1n) is 6.19. The summed E-state index contributed by atoms with van der Waals surface area (Å²) in [5.74, 6) is 1.28. The van der Waals surface area contributed by atoms with Crippen molar-refractivity contribution in [2.24, 2.45) is 5.41 Å². The van der Waals surface area contributed by atoms with Gasteiger partial charge in [-0.25, -0.2) is 4.98 Å². The van der Waals surface area contributed by atoms with Crippen molar-refractivity contribution < 1.29 is 4.74 Å². The monoisotopic (exact) mass is 237 g/mol. The Kier molecular flexibility index (Phi) is 4.73. The third kappa shape index (κ3) is 4.59. The van der Waals surface area contributed by atoms with Gasteiger partial charge in [0.15, 0.2) is 0 Å². The topological polar surface area (TPSA) is 47.0 Å². The van der Waals surface area contributed by atoms with Crippen LogP contribution in [0.5, 0.6) is 5.88 Å². The molecule has 1 rings (SSSR count). The number of nitrogens with zero attached hydrogens (tertiary/aromatic N) is 2. The van der Waals surface area contributed by atoms with E-state index in [1.165, 1.54) is 0 Å². The molecule has 0 saturated carbocycles. The lowest BCUT2D eigenvalue weighted by Gasteiger charge is -2.22. The number of hydrogen-bond donors (Lipinski definition) is 1. The molecule has 17 heavy (non-hydrogen) atoms. The van der Waals surface area contributed by atoms with E-state index in [-0.39, 0.29) is 5.41 Å². The van der Waals surface area contributed by atoms with Crippen molar-refractivity contribution >= 4 is 5.95 Å². The second-order valence-electron chi connectivity index (χ2n) is 4.98. The molecule has 0 bridgehead atoms. The zero-order chi connectivity index (χ0) is 12.9. The highest BCUT2D eigenvalue weighted by atomic mass is 16.5. The van der Waals surface area contributed by atoms with Gasteiger partial charge in [-0.05, 0) is 25.7 Å². The van der Waals surface area contributed by atoms with Gasteiger partial charge >= 0.3 is 0 Å². The summed E-state index contributed by atoms with van der Waals surface area (Å²) in [4.78, 5) is 8.67. The maximum absolute atomic E-state index is 5.39. The Morgan fingerprint density at radius 1 is 1.29 bits per heavy atom. The standard InChI is InChI=1S/C13H23N3O/c1-6-13(4,5)9-14-12-15-10(3)8-11(16-12)17-7-2/h8H,6-7,9H2,1-5H3,(H,14,15,16). The van der Waals surface area contributed by atoms with Crippen LogP contribution in [0, 0.1) is 12.3 Å². The van der Waals surface area contributed by atoms with Gasteiger partial charge in [0.1, 0.15) is 0 Å². The van der Waals surface area contributed by atoms with Crippen LogP contribution < -0.4 is 10.1 Å². The fraction of sp³-hybridized carbons (Fsp3) is 0.692. The summed E-state index contributed by atoms with van der Waals surface area (Å²) in [5.41, 5.74) is 1.17. The van der Waals surface area contributed by atoms with Crippen LogP contribution in [-0.2, 0) is 0 Å². The first kappa shape index (κ1) is 13.7. The van der Waals surface area contributed by atoms with Gasteiger partial charge < -0.3 is 10.1 Å². The first-order valence-corrected chi connectivity index (χ1v) is 6.19. The molecular weight excluding hydrogens is 214 g/mol. The van der Waals surface area contributed by atoms with Crippen molar-refractivity contribution in [3.63, 3.8) is 0 Å². The van der Waals surface area contributed by atoms with E-state index >= 15 is 0 Å². The number of nitrogens with one attached hydrogen (secondary N) is 1. The van der Waals surface area contributed by atoms with E-state index in [9.17, 15) is 0 Å². The van der Waals surface area contributed by atoms with Gasteiger partial charge in [0.25, 0.3) is 0 Å². The summed E-state index contributed by atoms with van der Waals surface area (Å²) in [6.07, 6.45) is 1.12. The third-order valence-corrected chi connectivity index (χ3v) is 2.81. The molecule has 4 heteroatoms. The molecule has 0 saturated heterocycles. The van der Waals surface area contributed by atoms with E-state index in [1.54, 1.807) is 0 Å².